The van der Waals surface area contributed by atoms with Crippen LogP contribution in [0, 0.1) is 5.92 Å². The van der Waals surface area contributed by atoms with E-state index < -0.39 is 0 Å². The Kier molecular flexibility index (Phi) is 2.98. The molecule has 19 heavy (non-hydrogen) atoms. The summed E-state index contributed by atoms with van der Waals surface area (Å²) in [7, 11) is 0. The molecule has 0 spiro atoms. The van der Waals surface area contributed by atoms with Gasteiger partial charge in [-0.15, -0.1) is 11.3 Å². The Balaban J connectivity index is 1.53. The van der Waals surface area contributed by atoms with Gasteiger partial charge in [0, 0.05) is 27.9 Å². The van der Waals surface area contributed by atoms with E-state index in [0.29, 0.717) is 0 Å². The maximum atomic E-state index is 4.82. The molecule has 0 unspecified atom stereocenters. The summed E-state index contributed by atoms with van der Waals surface area (Å²) in [5.74, 6) is 0.935. The van der Waals surface area contributed by atoms with Crippen LogP contribution in [0.25, 0.3) is 11.3 Å². The van der Waals surface area contributed by atoms with Gasteiger partial charge < -0.3 is 5.32 Å². The van der Waals surface area contributed by atoms with Crippen LogP contribution in [0.3, 0.4) is 0 Å². The second-order valence-corrected chi connectivity index (χ2v) is 7.52. The number of hydrogen-bond acceptors (Lipinski definition) is 3. The van der Waals surface area contributed by atoms with Crippen LogP contribution >= 0.6 is 27.3 Å². The van der Waals surface area contributed by atoms with Crippen LogP contribution in [0.2, 0.25) is 0 Å². The SMILES string of the molecule is Brc1ccc2c(c1)Cc1sc(CNCC3CC3)nc1-2. The third kappa shape index (κ3) is 2.37. The van der Waals surface area contributed by atoms with Crippen molar-refractivity contribution < 1.29 is 0 Å². The standard InChI is InChI=1S/C15H15BrN2S/c16-11-3-4-12-10(5-11)6-13-15(12)18-14(19-13)8-17-7-9-1-2-9/h3-5,9,17H,1-2,6-8H2. The normalized spacial score (nSPS) is 16.5. The lowest BCUT2D eigenvalue weighted by molar-refractivity contribution is 0.637. The Morgan fingerprint density at radius 3 is 3.11 bits per heavy atom. The summed E-state index contributed by atoms with van der Waals surface area (Å²) in [4.78, 5) is 6.25. The summed E-state index contributed by atoms with van der Waals surface area (Å²) in [5.41, 5.74) is 3.94. The summed E-state index contributed by atoms with van der Waals surface area (Å²) in [6, 6.07) is 6.51. The smallest absolute Gasteiger partial charge is 0.107 e. The molecule has 4 heteroatoms. The molecular weight excluding hydrogens is 320 g/mol. The van der Waals surface area contributed by atoms with Gasteiger partial charge in [0.05, 0.1) is 5.69 Å². The number of aromatic nitrogens is 1. The number of nitrogens with zero attached hydrogens (tertiary/aromatic N) is 1. The highest BCUT2D eigenvalue weighted by Gasteiger charge is 2.24. The van der Waals surface area contributed by atoms with Crippen molar-refractivity contribution in [2.75, 3.05) is 6.54 Å². The van der Waals surface area contributed by atoms with E-state index in [9.17, 15) is 0 Å². The van der Waals surface area contributed by atoms with Crippen LogP contribution in [0.15, 0.2) is 22.7 Å². The highest BCUT2D eigenvalue weighted by molar-refractivity contribution is 9.10. The van der Waals surface area contributed by atoms with Gasteiger partial charge in [-0.05, 0) is 43.0 Å². The topological polar surface area (TPSA) is 24.9 Å². The Labute approximate surface area is 125 Å². The van der Waals surface area contributed by atoms with Gasteiger partial charge in [-0.25, -0.2) is 4.98 Å². The van der Waals surface area contributed by atoms with Crippen LogP contribution in [0.1, 0.15) is 28.3 Å². The number of nitrogens with one attached hydrogen (secondary N) is 1. The van der Waals surface area contributed by atoms with Crippen LogP contribution < -0.4 is 5.32 Å². The predicted octanol–water partition coefficient (Wildman–Crippen LogP) is 3.98. The zero-order chi connectivity index (χ0) is 12.8. The molecule has 2 aliphatic rings. The highest BCUT2D eigenvalue weighted by Crippen LogP contribution is 2.40. The molecule has 0 saturated heterocycles. The number of benzene rings is 1. The first-order valence-corrected chi connectivity index (χ1v) is 8.38. The Bertz CT molecular complexity index is 631. The monoisotopic (exact) mass is 334 g/mol. The summed E-state index contributed by atoms with van der Waals surface area (Å²) in [5, 5.41) is 4.76. The molecule has 0 radical (unpaired) electrons. The van der Waals surface area contributed by atoms with Crippen molar-refractivity contribution in [3.63, 3.8) is 0 Å². The minimum atomic E-state index is 0.931. The first-order valence-electron chi connectivity index (χ1n) is 6.77. The van der Waals surface area contributed by atoms with E-state index in [1.165, 1.54) is 39.5 Å². The van der Waals surface area contributed by atoms with Crippen LogP contribution in [-0.4, -0.2) is 11.5 Å². The predicted molar refractivity (Wildman–Crippen MR) is 82.5 cm³/mol. The van der Waals surface area contributed by atoms with E-state index in [4.69, 9.17) is 4.98 Å². The Morgan fingerprint density at radius 1 is 1.37 bits per heavy atom. The third-order valence-electron chi connectivity index (χ3n) is 3.82. The summed E-state index contributed by atoms with van der Waals surface area (Å²) < 4.78 is 1.16. The molecule has 2 aliphatic carbocycles. The first-order chi connectivity index (χ1) is 9.29. The number of rotatable bonds is 4. The largest absolute Gasteiger partial charge is 0.310 e. The van der Waals surface area contributed by atoms with Gasteiger partial charge >= 0.3 is 0 Å². The Morgan fingerprint density at radius 2 is 2.26 bits per heavy atom. The van der Waals surface area contributed by atoms with E-state index in [0.717, 1.165) is 29.9 Å². The maximum Gasteiger partial charge on any atom is 0.107 e. The molecule has 2 aromatic rings. The fraction of sp³-hybridized carbons (Fsp3) is 0.400. The molecular formula is C15H15BrN2S. The zero-order valence-corrected chi connectivity index (χ0v) is 13.0. The second-order valence-electron chi connectivity index (χ2n) is 5.43. The molecule has 4 rings (SSSR count). The van der Waals surface area contributed by atoms with Crippen molar-refractivity contribution in [3.05, 3.63) is 38.1 Å². The van der Waals surface area contributed by atoms with Crippen molar-refractivity contribution in [1.29, 1.82) is 0 Å². The quantitative estimate of drug-likeness (QED) is 0.780. The molecule has 1 heterocycles. The van der Waals surface area contributed by atoms with Gasteiger partial charge in [0.25, 0.3) is 0 Å². The summed E-state index contributed by atoms with van der Waals surface area (Å²) in [6.07, 6.45) is 3.86. The fourth-order valence-corrected chi connectivity index (χ4v) is 4.11. The minimum Gasteiger partial charge on any atom is -0.310 e. The Hall–Kier alpha value is -0.710. The molecule has 1 N–H and O–H groups in total. The maximum absolute atomic E-state index is 4.82. The van der Waals surface area contributed by atoms with Crippen molar-refractivity contribution in [2.45, 2.75) is 25.8 Å². The molecule has 1 aromatic carbocycles. The lowest BCUT2D eigenvalue weighted by atomic mass is 10.1. The van der Waals surface area contributed by atoms with Gasteiger partial charge in [0.15, 0.2) is 0 Å². The van der Waals surface area contributed by atoms with E-state index in [1.807, 2.05) is 11.3 Å². The van der Waals surface area contributed by atoms with E-state index in [-0.39, 0.29) is 0 Å². The average Bonchev–Trinajstić information content (AvgIpc) is 3.02. The van der Waals surface area contributed by atoms with Crippen molar-refractivity contribution in [1.82, 2.24) is 10.3 Å². The van der Waals surface area contributed by atoms with E-state index in [2.05, 4.69) is 39.4 Å². The summed E-state index contributed by atoms with van der Waals surface area (Å²) in [6.45, 7) is 2.09. The molecule has 0 bridgehead atoms. The van der Waals surface area contributed by atoms with E-state index in [1.54, 1.807) is 0 Å². The number of thiazole rings is 1. The number of fused-ring (bicyclic) bond motifs is 3. The first kappa shape index (κ1) is 12.1. The second kappa shape index (κ2) is 4.69. The van der Waals surface area contributed by atoms with Crippen molar-refractivity contribution in [2.24, 2.45) is 5.92 Å². The van der Waals surface area contributed by atoms with Gasteiger partial charge in [0.2, 0.25) is 0 Å². The lowest BCUT2D eigenvalue weighted by Gasteiger charge is -2.01. The number of hydrogen-bond donors (Lipinski definition) is 1. The van der Waals surface area contributed by atoms with Crippen molar-refractivity contribution in [3.8, 4) is 11.3 Å². The van der Waals surface area contributed by atoms with Gasteiger partial charge in [-0.1, -0.05) is 22.0 Å². The van der Waals surface area contributed by atoms with Crippen LogP contribution in [0.4, 0.5) is 0 Å². The fourth-order valence-electron chi connectivity index (χ4n) is 2.62. The van der Waals surface area contributed by atoms with Gasteiger partial charge in [-0.2, -0.15) is 0 Å². The summed E-state index contributed by atoms with van der Waals surface area (Å²) >= 11 is 5.41. The molecule has 1 saturated carbocycles. The highest BCUT2D eigenvalue weighted by atomic mass is 79.9. The molecule has 98 valence electrons. The van der Waals surface area contributed by atoms with Gasteiger partial charge in [0.1, 0.15) is 5.01 Å². The van der Waals surface area contributed by atoms with E-state index >= 15 is 0 Å². The average molecular weight is 335 g/mol. The van der Waals surface area contributed by atoms with Crippen LogP contribution in [0.5, 0.6) is 0 Å². The lowest BCUT2D eigenvalue weighted by Crippen LogP contribution is -2.15. The van der Waals surface area contributed by atoms with Gasteiger partial charge in [-0.3, -0.25) is 0 Å². The number of halogens is 1. The molecule has 0 amide bonds. The molecule has 2 nitrogen and oxygen atoms in total. The molecule has 1 fully saturated rings. The zero-order valence-electron chi connectivity index (χ0n) is 10.6. The molecule has 0 atom stereocenters. The van der Waals surface area contributed by atoms with Crippen LogP contribution in [-0.2, 0) is 13.0 Å². The molecule has 1 aromatic heterocycles. The molecule has 0 aliphatic heterocycles. The third-order valence-corrected chi connectivity index (χ3v) is 5.37. The minimum absolute atomic E-state index is 0.931. The van der Waals surface area contributed by atoms with Crippen molar-refractivity contribution >= 4 is 27.3 Å².